The minimum Gasteiger partial charge on any atom is -0.485 e. The predicted molar refractivity (Wildman–Crippen MR) is 87.5 cm³/mol. The molecule has 2 aromatic carbocycles. The number of nitrogens with one attached hydrogen (secondary N) is 1. The molecule has 0 unspecified atom stereocenters. The van der Waals surface area contributed by atoms with E-state index in [1.54, 1.807) is 30.3 Å². The average molecular weight is 327 g/mol. The number of ether oxygens (including phenoxy) is 3. The van der Waals surface area contributed by atoms with Crippen LogP contribution in [0.1, 0.15) is 15.9 Å². The van der Waals surface area contributed by atoms with E-state index < -0.39 is 12.1 Å². The Balaban J connectivity index is 1.75. The van der Waals surface area contributed by atoms with Crippen LogP contribution in [0.3, 0.4) is 0 Å². The van der Waals surface area contributed by atoms with E-state index in [1.165, 1.54) is 7.11 Å². The van der Waals surface area contributed by atoms with Crippen LogP contribution in [0.5, 0.6) is 11.5 Å². The summed E-state index contributed by atoms with van der Waals surface area (Å²) in [4.78, 5) is 24.1. The quantitative estimate of drug-likeness (QED) is 0.877. The normalized spacial score (nSPS) is 15.5. The second kappa shape index (κ2) is 6.62. The van der Waals surface area contributed by atoms with E-state index in [0.29, 0.717) is 22.7 Å². The van der Waals surface area contributed by atoms with Crippen LogP contribution in [0.2, 0.25) is 0 Å². The van der Waals surface area contributed by atoms with E-state index in [4.69, 9.17) is 14.2 Å². The van der Waals surface area contributed by atoms with E-state index in [1.807, 2.05) is 19.1 Å². The molecule has 1 atom stereocenters. The topological polar surface area (TPSA) is 73.9 Å². The number of benzene rings is 2. The number of carbonyl (C=O) groups is 2. The number of fused-ring (bicyclic) bond motifs is 1. The van der Waals surface area contributed by atoms with Gasteiger partial charge in [-0.2, -0.15) is 0 Å². The largest absolute Gasteiger partial charge is 0.485 e. The summed E-state index contributed by atoms with van der Waals surface area (Å²) in [5.41, 5.74) is 1.73. The van der Waals surface area contributed by atoms with Crippen molar-refractivity contribution in [1.29, 1.82) is 0 Å². The molecule has 0 fully saturated rings. The number of hydrogen-bond acceptors (Lipinski definition) is 5. The summed E-state index contributed by atoms with van der Waals surface area (Å²) in [5, 5.41) is 2.78. The van der Waals surface area contributed by atoms with Gasteiger partial charge in [0.2, 0.25) is 6.10 Å². The zero-order chi connectivity index (χ0) is 17.1. The van der Waals surface area contributed by atoms with Crippen molar-refractivity contribution in [2.45, 2.75) is 13.0 Å². The van der Waals surface area contributed by atoms with Crippen molar-refractivity contribution in [3.05, 3.63) is 53.6 Å². The smallest absolute Gasteiger partial charge is 0.337 e. The molecular formula is C18H17NO5. The highest BCUT2D eigenvalue weighted by Crippen LogP contribution is 2.31. The Bertz CT molecular complexity index is 787. The third-order valence-corrected chi connectivity index (χ3v) is 3.72. The second-order valence-corrected chi connectivity index (χ2v) is 5.37. The summed E-state index contributed by atoms with van der Waals surface area (Å²) in [5.74, 6) is 0.348. The fraction of sp³-hybridized carbons (Fsp3) is 0.222. The van der Waals surface area contributed by atoms with Crippen molar-refractivity contribution in [2.75, 3.05) is 19.0 Å². The maximum Gasteiger partial charge on any atom is 0.337 e. The highest BCUT2D eigenvalue weighted by molar-refractivity contribution is 5.97. The van der Waals surface area contributed by atoms with Crippen LogP contribution < -0.4 is 14.8 Å². The van der Waals surface area contributed by atoms with E-state index in [2.05, 4.69) is 5.32 Å². The molecule has 6 heteroatoms. The van der Waals surface area contributed by atoms with Crippen molar-refractivity contribution < 1.29 is 23.8 Å². The number of anilines is 1. The monoisotopic (exact) mass is 327 g/mol. The Morgan fingerprint density at radius 1 is 1.17 bits per heavy atom. The Kier molecular flexibility index (Phi) is 4.37. The molecule has 1 aliphatic heterocycles. The van der Waals surface area contributed by atoms with Crippen molar-refractivity contribution in [3.63, 3.8) is 0 Å². The summed E-state index contributed by atoms with van der Waals surface area (Å²) in [7, 11) is 1.31. The van der Waals surface area contributed by atoms with Gasteiger partial charge in [0.05, 0.1) is 12.7 Å². The van der Waals surface area contributed by atoms with Crippen LogP contribution in [0.15, 0.2) is 42.5 Å². The van der Waals surface area contributed by atoms with Crippen LogP contribution in [0, 0.1) is 6.92 Å². The average Bonchev–Trinajstić information content (AvgIpc) is 2.62. The van der Waals surface area contributed by atoms with E-state index in [0.717, 1.165) is 5.56 Å². The first kappa shape index (κ1) is 15.9. The molecule has 0 aromatic heterocycles. The van der Waals surface area contributed by atoms with Gasteiger partial charge in [0.15, 0.2) is 11.5 Å². The number of carbonyl (C=O) groups excluding carboxylic acids is 2. The molecule has 3 rings (SSSR count). The Labute approximate surface area is 139 Å². The Morgan fingerprint density at radius 3 is 2.67 bits per heavy atom. The fourth-order valence-electron chi connectivity index (χ4n) is 2.36. The molecule has 0 saturated heterocycles. The van der Waals surface area contributed by atoms with Gasteiger partial charge in [0.1, 0.15) is 6.61 Å². The van der Waals surface area contributed by atoms with Gasteiger partial charge in [0, 0.05) is 5.69 Å². The van der Waals surface area contributed by atoms with Gasteiger partial charge < -0.3 is 19.5 Å². The number of amides is 1. The van der Waals surface area contributed by atoms with Crippen molar-refractivity contribution in [2.24, 2.45) is 0 Å². The maximum atomic E-state index is 12.4. The molecule has 1 aliphatic rings. The standard InChI is InChI=1S/C18H17NO5/c1-11-7-8-12(18(21)22-2)9-13(11)19-17(20)16-10-23-14-5-3-4-6-15(14)24-16/h3-9,16H,10H2,1-2H3,(H,19,20)/t16-/m0/s1. The zero-order valence-corrected chi connectivity index (χ0v) is 13.4. The van der Waals surface area contributed by atoms with Crippen LogP contribution in [-0.2, 0) is 9.53 Å². The Hall–Kier alpha value is -3.02. The molecule has 0 bridgehead atoms. The number of aryl methyl sites for hydroxylation is 1. The summed E-state index contributed by atoms with van der Waals surface area (Å²) in [6, 6.07) is 12.2. The van der Waals surface area contributed by atoms with Gasteiger partial charge in [-0.1, -0.05) is 18.2 Å². The molecule has 0 saturated carbocycles. The maximum absolute atomic E-state index is 12.4. The summed E-state index contributed by atoms with van der Waals surface area (Å²) in [6.45, 7) is 1.96. The number of methoxy groups -OCH3 is 1. The minimum atomic E-state index is -0.763. The summed E-state index contributed by atoms with van der Waals surface area (Å²) >= 11 is 0. The molecular weight excluding hydrogens is 310 g/mol. The van der Waals surface area contributed by atoms with E-state index >= 15 is 0 Å². The van der Waals surface area contributed by atoms with E-state index in [-0.39, 0.29) is 12.5 Å². The molecule has 0 spiro atoms. The molecule has 1 heterocycles. The molecule has 1 N–H and O–H groups in total. The first-order chi connectivity index (χ1) is 11.6. The molecule has 2 aromatic rings. The lowest BCUT2D eigenvalue weighted by Crippen LogP contribution is -2.40. The van der Waals surface area contributed by atoms with Crippen molar-refractivity contribution in [1.82, 2.24) is 0 Å². The highest BCUT2D eigenvalue weighted by Gasteiger charge is 2.27. The van der Waals surface area contributed by atoms with Crippen LogP contribution in [0.4, 0.5) is 5.69 Å². The highest BCUT2D eigenvalue weighted by atomic mass is 16.6. The van der Waals surface area contributed by atoms with E-state index in [9.17, 15) is 9.59 Å². The lowest BCUT2D eigenvalue weighted by molar-refractivity contribution is -0.125. The predicted octanol–water partition coefficient (Wildman–Crippen LogP) is 2.56. The number of para-hydroxylation sites is 2. The van der Waals surface area contributed by atoms with Gasteiger partial charge in [-0.3, -0.25) is 4.79 Å². The molecule has 1 amide bonds. The second-order valence-electron chi connectivity index (χ2n) is 5.37. The molecule has 6 nitrogen and oxygen atoms in total. The Morgan fingerprint density at radius 2 is 1.92 bits per heavy atom. The van der Waals surface area contributed by atoms with Gasteiger partial charge in [-0.15, -0.1) is 0 Å². The van der Waals surface area contributed by atoms with Crippen molar-refractivity contribution in [3.8, 4) is 11.5 Å². The fourth-order valence-corrected chi connectivity index (χ4v) is 2.36. The van der Waals surface area contributed by atoms with Gasteiger partial charge in [-0.05, 0) is 36.8 Å². The minimum absolute atomic E-state index is 0.124. The van der Waals surface area contributed by atoms with Gasteiger partial charge in [-0.25, -0.2) is 4.79 Å². The molecule has 24 heavy (non-hydrogen) atoms. The third-order valence-electron chi connectivity index (χ3n) is 3.72. The number of hydrogen-bond donors (Lipinski definition) is 1. The zero-order valence-electron chi connectivity index (χ0n) is 13.4. The van der Waals surface area contributed by atoms with Crippen LogP contribution in [0.25, 0.3) is 0 Å². The van der Waals surface area contributed by atoms with Gasteiger partial charge in [0.25, 0.3) is 5.91 Å². The molecule has 124 valence electrons. The number of esters is 1. The lowest BCUT2D eigenvalue weighted by Gasteiger charge is -2.25. The summed E-state index contributed by atoms with van der Waals surface area (Å²) in [6.07, 6.45) is -0.763. The third kappa shape index (κ3) is 3.17. The van der Waals surface area contributed by atoms with Crippen LogP contribution in [-0.4, -0.2) is 31.7 Å². The summed E-state index contributed by atoms with van der Waals surface area (Å²) < 4.78 is 15.9. The first-order valence-corrected chi connectivity index (χ1v) is 7.47. The first-order valence-electron chi connectivity index (χ1n) is 7.47. The molecule has 0 aliphatic carbocycles. The number of rotatable bonds is 3. The van der Waals surface area contributed by atoms with Gasteiger partial charge >= 0.3 is 5.97 Å². The molecule has 0 radical (unpaired) electrons. The lowest BCUT2D eigenvalue weighted by atomic mass is 10.1. The van der Waals surface area contributed by atoms with Crippen LogP contribution >= 0.6 is 0 Å². The van der Waals surface area contributed by atoms with Crippen molar-refractivity contribution >= 4 is 17.6 Å². The SMILES string of the molecule is COC(=O)c1ccc(C)c(NC(=O)[C@@H]2COc3ccccc3O2)c1.